The third-order valence-corrected chi connectivity index (χ3v) is 1.87. The van der Waals surface area contributed by atoms with Crippen molar-refractivity contribution in [3.05, 3.63) is 11.6 Å². The van der Waals surface area contributed by atoms with Gasteiger partial charge in [0, 0.05) is 5.03 Å². The minimum absolute atomic E-state index is 0.381. The Bertz CT molecular complexity index is 132. The monoisotopic (exact) mass is 175 g/mol. The molecule has 0 aromatic carbocycles. The molecule has 2 nitrogen and oxygen atoms in total. The molecule has 0 unspecified atom stereocenters. The average Bonchev–Trinajstić information content (AvgIpc) is 2.03. The maximum atomic E-state index is 5.56. The maximum Gasteiger partial charge on any atom is 0.0820 e. The van der Waals surface area contributed by atoms with Crippen molar-refractivity contribution < 1.29 is 4.74 Å². The van der Waals surface area contributed by atoms with Gasteiger partial charge in [-0.05, 0) is 25.9 Å². The summed E-state index contributed by atoms with van der Waals surface area (Å²) < 4.78 is 5.47. The summed E-state index contributed by atoms with van der Waals surface area (Å²) in [6, 6.07) is 0. The van der Waals surface area contributed by atoms with E-state index in [1.807, 2.05) is 0 Å². The van der Waals surface area contributed by atoms with E-state index in [9.17, 15) is 0 Å². The first-order chi connectivity index (χ1) is 5.29. The summed E-state index contributed by atoms with van der Waals surface area (Å²) in [5, 5.41) is 3.85. The molecule has 1 heterocycles. The second kappa shape index (κ2) is 4.75. The Hall–Kier alpha value is -0.0500. The maximum absolute atomic E-state index is 5.56. The molecule has 1 rings (SSSR count). The molecule has 1 aliphatic heterocycles. The van der Waals surface area contributed by atoms with Gasteiger partial charge in [0.25, 0.3) is 0 Å². The molecule has 64 valence electrons. The molecular formula is C8H14ClNO. The molecule has 0 spiro atoms. The molecule has 1 saturated heterocycles. The van der Waals surface area contributed by atoms with Crippen LogP contribution in [0.5, 0.6) is 0 Å². The normalized spacial score (nSPS) is 20.1. The van der Waals surface area contributed by atoms with Crippen molar-refractivity contribution >= 4 is 11.6 Å². The van der Waals surface area contributed by atoms with Crippen LogP contribution >= 0.6 is 11.6 Å². The first-order valence-corrected chi connectivity index (χ1v) is 4.32. The standard InChI is InChI=1S/C8H14ClNO/c1-7(9)6-11-8-2-4-10-5-3-8/h8,10H,1-6H2. The average molecular weight is 176 g/mol. The SMILES string of the molecule is C=C(Cl)COC1CCNCC1. The predicted octanol–water partition coefficient (Wildman–Crippen LogP) is 1.51. The Balaban J connectivity index is 2.09. The minimum atomic E-state index is 0.381. The lowest BCUT2D eigenvalue weighted by Crippen LogP contribution is -2.32. The molecule has 0 amide bonds. The number of piperidine rings is 1. The fourth-order valence-electron chi connectivity index (χ4n) is 1.17. The molecule has 11 heavy (non-hydrogen) atoms. The molecule has 3 heteroatoms. The van der Waals surface area contributed by atoms with Crippen LogP contribution in [0.15, 0.2) is 11.6 Å². The summed E-state index contributed by atoms with van der Waals surface area (Å²) in [6.07, 6.45) is 2.56. The third kappa shape index (κ3) is 3.75. The Labute approximate surface area is 72.6 Å². The van der Waals surface area contributed by atoms with Crippen LogP contribution in [0.4, 0.5) is 0 Å². The van der Waals surface area contributed by atoms with E-state index in [1.165, 1.54) is 0 Å². The van der Waals surface area contributed by atoms with E-state index in [2.05, 4.69) is 11.9 Å². The van der Waals surface area contributed by atoms with Crippen molar-refractivity contribution in [3.8, 4) is 0 Å². The summed E-state index contributed by atoms with van der Waals surface area (Å²) in [4.78, 5) is 0. The van der Waals surface area contributed by atoms with Crippen molar-refractivity contribution in [1.29, 1.82) is 0 Å². The Morgan fingerprint density at radius 1 is 1.55 bits per heavy atom. The molecule has 1 fully saturated rings. The van der Waals surface area contributed by atoms with Gasteiger partial charge >= 0.3 is 0 Å². The van der Waals surface area contributed by atoms with Gasteiger partial charge in [-0.15, -0.1) is 0 Å². The van der Waals surface area contributed by atoms with Crippen LogP contribution in [-0.4, -0.2) is 25.8 Å². The predicted molar refractivity (Wildman–Crippen MR) is 46.8 cm³/mol. The fraction of sp³-hybridized carbons (Fsp3) is 0.750. The molecule has 0 aromatic rings. The van der Waals surface area contributed by atoms with E-state index in [-0.39, 0.29) is 0 Å². The Morgan fingerprint density at radius 2 is 2.18 bits per heavy atom. The number of hydrogen-bond donors (Lipinski definition) is 1. The molecule has 1 N–H and O–H groups in total. The first-order valence-electron chi connectivity index (χ1n) is 3.94. The molecule has 0 atom stereocenters. The number of ether oxygens (including phenoxy) is 1. The van der Waals surface area contributed by atoms with Gasteiger partial charge in [-0.25, -0.2) is 0 Å². The molecule has 0 radical (unpaired) electrons. The second-order valence-electron chi connectivity index (χ2n) is 2.78. The highest BCUT2D eigenvalue weighted by Crippen LogP contribution is 2.09. The van der Waals surface area contributed by atoms with Crippen LogP contribution in [-0.2, 0) is 4.74 Å². The summed E-state index contributed by atoms with van der Waals surface area (Å²) in [6.45, 7) is 6.17. The molecule has 0 bridgehead atoms. The zero-order valence-corrected chi connectivity index (χ0v) is 7.36. The van der Waals surface area contributed by atoms with Crippen LogP contribution < -0.4 is 5.32 Å². The van der Waals surface area contributed by atoms with E-state index in [0.717, 1.165) is 25.9 Å². The summed E-state index contributed by atoms with van der Waals surface area (Å²) in [7, 11) is 0. The van der Waals surface area contributed by atoms with Crippen LogP contribution in [0.1, 0.15) is 12.8 Å². The van der Waals surface area contributed by atoms with Crippen molar-refractivity contribution in [1.82, 2.24) is 5.32 Å². The molecular weight excluding hydrogens is 162 g/mol. The van der Waals surface area contributed by atoms with E-state index < -0.39 is 0 Å². The quantitative estimate of drug-likeness (QED) is 0.702. The van der Waals surface area contributed by atoms with Gasteiger partial charge in [-0.2, -0.15) is 0 Å². The van der Waals surface area contributed by atoms with Crippen molar-refractivity contribution in [2.75, 3.05) is 19.7 Å². The van der Waals surface area contributed by atoms with Gasteiger partial charge in [0.1, 0.15) is 0 Å². The van der Waals surface area contributed by atoms with Crippen molar-refractivity contribution in [2.24, 2.45) is 0 Å². The van der Waals surface area contributed by atoms with Gasteiger partial charge < -0.3 is 10.1 Å². The van der Waals surface area contributed by atoms with E-state index in [1.54, 1.807) is 0 Å². The highest BCUT2D eigenvalue weighted by atomic mass is 35.5. The van der Waals surface area contributed by atoms with E-state index in [4.69, 9.17) is 16.3 Å². The topological polar surface area (TPSA) is 21.3 Å². The van der Waals surface area contributed by atoms with Gasteiger partial charge in [0.05, 0.1) is 12.7 Å². The number of rotatable bonds is 3. The van der Waals surface area contributed by atoms with Gasteiger partial charge in [0.2, 0.25) is 0 Å². The Kier molecular flexibility index (Phi) is 3.91. The highest BCUT2D eigenvalue weighted by molar-refractivity contribution is 6.29. The van der Waals surface area contributed by atoms with Crippen molar-refractivity contribution in [3.63, 3.8) is 0 Å². The van der Waals surface area contributed by atoms with Gasteiger partial charge in [-0.1, -0.05) is 18.2 Å². The number of nitrogens with one attached hydrogen (secondary N) is 1. The molecule has 0 aliphatic carbocycles. The largest absolute Gasteiger partial charge is 0.373 e. The molecule has 1 aliphatic rings. The van der Waals surface area contributed by atoms with Crippen LogP contribution in [0.2, 0.25) is 0 Å². The summed E-state index contributed by atoms with van der Waals surface area (Å²) in [5.41, 5.74) is 0. The zero-order chi connectivity index (χ0) is 8.10. The number of hydrogen-bond acceptors (Lipinski definition) is 2. The Morgan fingerprint density at radius 3 is 2.73 bits per heavy atom. The summed E-state index contributed by atoms with van der Waals surface area (Å²) >= 11 is 5.56. The van der Waals surface area contributed by atoms with E-state index >= 15 is 0 Å². The third-order valence-electron chi connectivity index (χ3n) is 1.76. The smallest absolute Gasteiger partial charge is 0.0820 e. The minimum Gasteiger partial charge on any atom is -0.373 e. The zero-order valence-electron chi connectivity index (χ0n) is 6.61. The van der Waals surface area contributed by atoms with E-state index in [0.29, 0.717) is 17.7 Å². The lowest BCUT2D eigenvalue weighted by atomic mass is 10.1. The first kappa shape index (κ1) is 9.04. The second-order valence-corrected chi connectivity index (χ2v) is 3.31. The van der Waals surface area contributed by atoms with Crippen LogP contribution in [0.25, 0.3) is 0 Å². The van der Waals surface area contributed by atoms with Crippen LogP contribution in [0, 0.1) is 0 Å². The fourth-order valence-corrected chi connectivity index (χ4v) is 1.23. The lowest BCUT2D eigenvalue weighted by Gasteiger charge is -2.22. The van der Waals surface area contributed by atoms with Crippen molar-refractivity contribution in [2.45, 2.75) is 18.9 Å². The number of halogens is 1. The van der Waals surface area contributed by atoms with Gasteiger partial charge in [0.15, 0.2) is 0 Å². The molecule has 0 aromatic heterocycles. The molecule has 0 saturated carbocycles. The summed E-state index contributed by atoms with van der Waals surface area (Å²) in [5.74, 6) is 0. The highest BCUT2D eigenvalue weighted by Gasteiger charge is 2.12. The van der Waals surface area contributed by atoms with Crippen LogP contribution in [0.3, 0.4) is 0 Å². The lowest BCUT2D eigenvalue weighted by molar-refractivity contribution is 0.0501. The van der Waals surface area contributed by atoms with Gasteiger partial charge in [-0.3, -0.25) is 0 Å².